The Morgan fingerprint density at radius 2 is 2.36 bits per heavy atom. The van der Waals surface area contributed by atoms with Gasteiger partial charge in [0.1, 0.15) is 0 Å². The van der Waals surface area contributed by atoms with Crippen molar-refractivity contribution in [2.75, 3.05) is 0 Å². The number of fused-ring (bicyclic) bond motifs is 1. The quantitative estimate of drug-likeness (QED) is 0.766. The minimum absolute atomic E-state index is 0.853. The van der Waals surface area contributed by atoms with Crippen LogP contribution in [0.3, 0.4) is 0 Å². The zero-order valence-electron chi connectivity index (χ0n) is 7.18. The first kappa shape index (κ1) is 8.90. The van der Waals surface area contributed by atoms with E-state index in [9.17, 15) is 4.79 Å². The summed E-state index contributed by atoms with van der Waals surface area (Å²) in [6.07, 6.45) is 2.68. The first-order valence-corrected chi connectivity index (χ1v) is 4.88. The molecule has 0 saturated heterocycles. The van der Waals surface area contributed by atoms with E-state index in [4.69, 9.17) is 5.11 Å². The summed E-state index contributed by atoms with van der Waals surface area (Å²) in [6.45, 7) is 0. The Hall–Kier alpha value is -1.68. The van der Waals surface area contributed by atoms with Crippen LogP contribution >= 0.6 is 11.3 Å². The molecule has 70 valence electrons. The Morgan fingerprint density at radius 1 is 1.50 bits per heavy atom. The number of aromatic nitrogens is 1. The standard InChI is InChI=1S/C10H7NO2S/c12-10(13)4-2-7-1-3-9-8(5-7)11-6-14-9/h1-6H,(H,12,13)/b4-2+. The van der Waals surface area contributed by atoms with Crippen LogP contribution in [0.1, 0.15) is 5.56 Å². The number of hydrogen-bond acceptors (Lipinski definition) is 3. The molecule has 0 radical (unpaired) electrons. The summed E-state index contributed by atoms with van der Waals surface area (Å²) in [7, 11) is 0. The van der Waals surface area contributed by atoms with E-state index in [0.717, 1.165) is 21.9 Å². The van der Waals surface area contributed by atoms with E-state index in [2.05, 4.69) is 4.98 Å². The molecule has 1 N–H and O–H groups in total. The van der Waals surface area contributed by atoms with Gasteiger partial charge in [0, 0.05) is 6.08 Å². The average molecular weight is 205 g/mol. The summed E-state index contributed by atoms with van der Waals surface area (Å²) in [5.74, 6) is -0.941. The van der Waals surface area contributed by atoms with Crippen molar-refractivity contribution in [1.29, 1.82) is 0 Å². The van der Waals surface area contributed by atoms with E-state index in [-0.39, 0.29) is 0 Å². The number of carboxylic acid groups (broad SMARTS) is 1. The highest BCUT2D eigenvalue weighted by Crippen LogP contribution is 2.19. The molecule has 0 unspecified atom stereocenters. The molecule has 0 aliphatic carbocycles. The number of thiazole rings is 1. The molecule has 14 heavy (non-hydrogen) atoms. The molecule has 0 saturated carbocycles. The summed E-state index contributed by atoms with van der Waals surface area (Å²) < 4.78 is 1.11. The highest BCUT2D eigenvalue weighted by molar-refractivity contribution is 7.16. The molecule has 1 heterocycles. The summed E-state index contributed by atoms with van der Waals surface area (Å²) in [6, 6.07) is 5.68. The van der Waals surface area contributed by atoms with Gasteiger partial charge in [-0.25, -0.2) is 9.78 Å². The van der Waals surface area contributed by atoms with Gasteiger partial charge in [0.15, 0.2) is 0 Å². The third kappa shape index (κ3) is 1.80. The monoisotopic (exact) mass is 205 g/mol. The number of carboxylic acids is 1. The van der Waals surface area contributed by atoms with Gasteiger partial charge in [-0.2, -0.15) is 0 Å². The Bertz CT molecular complexity index is 502. The number of aliphatic carboxylic acids is 1. The molecular weight excluding hydrogens is 198 g/mol. The fraction of sp³-hybridized carbons (Fsp3) is 0. The summed E-state index contributed by atoms with van der Waals surface area (Å²) in [5.41, 5.74) is 3.53. The lowest BCUT2D eigenvalue weighted by molar-refractivity contribution is -0.131. The van der Waals surface area contributed by atoms with E-state index in [0.29, 0.717) is 0 Å². The van der Waals surface area contributed by atoms with Crippen molar-refractivity contribution in [3.8, 4) is 0 Å². The average Bonchev–Trinajstić information content (AvgIpc) is 2.61. The minimum Gasteiger partial charge on any atom is -0.478 e. The van der Waals surface area contributed by atoms with Crippen LogP contribution in [-0.2, 0) is 4.79 Å². The zero-order valence-corrected chi connectivity index (χ0v) is 7.99. The third-order valence-electron chi connectivity index (χ3n) is 1.77. The van der Waals surface area contributed by atoms with Crippen molar-refractivity contribution in [3.05, 3.63) is 35.3 Å². The van der Waals surface area contributed by atoms with Gasteiger partial charge in [-0.1, -0.05) is 6.07 Å². The number of carbonyl (C=O) groups is 1. The SMILES string of the molecule is O=C(O)/C=C/c1ccc2scnc2c1. The Morgan fingerprint density at radius 3 is 3.14 bits per heavy atom. The van der Waals surface area contributed by atoms with Gasteiger partial charge in [-0.15, -0.1) is 11.3 Å². The smallest absolute Gasteiger partial charge is 0.328 e. The van der Waals surface area contributed by atoms with Crippen molar-refractivity contribution in [2.45, 2.75) is 0 Å². The molecule has 0 bridgehead atoms. The van der Waals surface area contributed by atoms with Crippen LogP contribution < -0.4 is 0 Å². The number of rotatable bonds is 2. The minimum atomic E-state index is -0.941. The maximum absolute atomic E-state index is 10.3. The zero-order chi connectivity index (χ0) is 9.97. The van der Waals surface area contributed by atoms with Crippen molar-refractivity contribution < 1.29 is 9.90 Å². The highest BCUT2D eigenvalue weighted by Gasteiger charge is 1.96. The normalized spacial score (nSPS) is 11.1. The maximum Gasteiger partial charge on any atom is 0.328 e. The molecule has 2 rings (SSSR count). The third-order valence-corrected chi connectivity index (χ3v) is 2.58. The maximum atomic E-state index is 10.3. The van der Waals surface area contributed by atoms with E-state index >= 15 is 0 Å². The van der Waals surface area contributed by atoms with Crippen LogP contribution in [0.4, 0.5) is 0 Å². The van der Waals surface area contributed by atoms with Gasteiger partial charge in [0.25, 0.3) is 0 Å². The van der Waals surface area contributed by atoms with Crippen LogP contribution in [0.2, 0.25) is 0 Å². The predicted molar refractivity (Wildman–Crippen MR) is 56.3 cm³/mol. The molecule has 0 aliphatic heterocycles. The van der Waals surface area contributed by atoms with Crippen LogP contribution in [0.25, 0.3) is 16.3 Å². The summed E-state index contributed by atoms with van der Waals surface area (Å²) in [4.78, 5) is 14.4. The topological polar surface area (TPSA) is 50.2 Å². The molecule has 1 aromatic carbocycles. The van der Waals surface area contributed by atoms with Crippen molar-refractivity contribution in [1.82, 2.24) is 4.98 Å². The van der Waals surface area contributed by atoms with E-state index in [1.807, 2.05) is 18.2 Å². The molecule has 1 aromatic heterocycles. The van der Waals surface area contributed by atoms with Gasteiger partial charge < -0.3 is 5.11 Å². The van der Waals surface area contributed by atoms with Crippen molar-refractivity contribution in [3.63, 3.8) is 0 Å². The van der Waals surface area contributed by atoms with Crippen LogP contribution in [-0.4, -0.2) is 16.1 Å². The van der Waals surface area contributed by atoms with Gasteiger partial charge >= 0.3 is 5.97 Å². The molecule has 0 amide bonds. The Labute approximate surface area is 84.3 Å². The lowest BCUT2D eigenvalue weighted by Crippen LogP contribution is -1.85. The van der Waals surface area contributed by atoms with Crippen LogP contribution in [0.5, 0.6) is 0 Å². The lowest BCUT2D eigenvalue weighted by atomic mass is 10.2. The largest absolute Gasteiger partial charge is 0.478 e. The first-order chi connectivity index (χ1) is 6.75. The molecule has 0 atom stereocenters. The molecule has 4 heteroatoms. The Balaban J connectivity index is 2.39. The fourth-order valence-electron chi connectivity index (χ4n) is 1.15. The molecular formula is C10H7NO2S. The molecule has 0 spiro atoms. The Kier molecular flexibility index (Phi) is 2.28. The van der Waals surface area contributed by atoms with E-state index in [1.165, 1.54) is 0 Å². The van der Waals surface area contributed by atoms with Gasteiger partial charge in [-0.3, -0.25) is 0 Å². The number of nitrogens with zero attached hydrogens (tertiary/aromatic N) is 1. The molecule has 0 aliphatic rings. The van der Waals surface area contributed by atoms with Gasteiger partial charge in [-0.05, 0) is 23.8 Å². The van der Waals surface area contributed by atoms with Gasteiger partial charge in [0.2, 0.25) is 0 Å². The predicted octanol–water partition coefficient (Wildman–Crippen LogP) is 2.39. The molecule has 2 aromatic rings. The second-order valence-corrected chi connectivity index (χ2v) is 3.64. The fourth-order valence-corrected chi connectivity index (χ4v) is 1.80. The second kappa shape index (κ2) is 3.59. The second-order valence-electron chi connectivity index (χ2n) is 2.75. The summed E-state index contributed by atoms with van der Waals surface area (Å²) in [5, 5.41) is 8.45. The highest BCUT2D eigenvalue weighted by atomic mass is 32.1. The van der Waals surface area contributed by atoms with Crippen LogP contribution in [0.15, 0.2) is 29.8 Å². The van der Waals surface area contributed by atoms with Crippen LogP contribution in [0, 0.1) is 0 Å². The summed E-state index contributed by atoms with van der Waals surface area (Å²) >= 11 is 1.57. The number of hydrogen-bond donors (Lipinski definition) is 1. The van der Waals surface area contributed by atoms with E-state index < -0.39 is 5.97 Å². The molecule has 3 nitrogen and oxygen atoms in total. The van der Waals surface area contributed by atoms with Crippen molar-refractivity contribution >= 4 is 33.6 Å². The van der Waals surface area contributed by atoms with Crippen molar-refractivity contribution in [2.24, 2.45) is 0 Å². The van der Waals surface area contributed by atoms with E-state index in [1.54, 1.807) is 22.9 Å². The number of benzene rings is 1. The first-order valence-electron chi connectivity index (χ1n) is 4.00. The van der Waals surface area contributed by atoms with Gasteiger partial charge in [0.05, 0.1) is 15.7 Å². The molecule has 0 fully saturated rings. The lowest BCUT2D eigenvalue weighted by Gasteiger charge is -1.91.